The van der Waals surface area contributed by atoms with Crippen molar-refractivity contribution >= 4 is 0 Å². The van der Waals surface area contributed by atoms with Crippen molar-refractivity contribution in [3.05, 3.63) is 0 Å². The van der Waals surface area contributed by atoms with Gasteiger partial charge in [0.15, 0.2) is 0 Å². The summed E-state index contributed by atoms with van der Waals surface area (Å²) >= 11 is 0. The number of hydrogen-bond donors (Lipinski definition) is 1. The zero-order chi connectivity index (χ0) is 11.1. The van der Waals surface area contributed by atoms with Gasteiger partial charge in [-0.1, -0.05) is 0 Å². The highest BCUT2D eigenvalue weighted by Gasteiger charge is 2.26. The number of hydrogen-bond acceptors (Lipinski definition) is 4. The van der Waals surface area contributed by atoms with Gasteiger partial charge in [0.2, 0.25) is 0 Å². The summed E-state index contributed by atoms with van der Waals surface area (Å²) in [4.78, 5) is 2.53. The molecule has 1 aliphatic rings. The van der Waals surface area contributed by atoms with E-state index in [4.69, 9.17) is 9.47 Å². The normalized spacial score (nSPS) is 25.4. The van der Waals surface area contributed by atoms with Gasteiger partial charge in [-0.05, 0) is 20.4 Å². The number of likely N-dealkylation sites (N-methyl/N-ethyl adjacent to an activating group) is 1. The van der Waals surface area contributed by atoms with Crippen LogP contribution in [0.3, 0.4) is 0 Å². The van der Waals surface area contributed by atoms with Gasteiger partial charge in [0.05, 0.1) is 13.2 Å². The van der Waals surface area contributed by atoms with Crippen molar-refractivity contribution in [3.63, 3.8) is 0 Å². The van der Waals surface area contributed by atoms with E-state index in [2.05, 4.69) is 17.1 Å². The van der Waals surface area contributed by atoms with Gasteiger partial charge < -0.3 is 14.8 Å². The third kappa shape index (κ3) is 4.07. The SMILES string of the molecule is CNCC1COCCN1C(C)CCOC. The minimum Gasteiger partial charge on any atom is -0.385 e. The first kappa shape index (κ1) is 12.9. The first-order chi connectivity index (χ1) is 7.29. The molecular weight excluding hydrogens is 192 g/mol. The Labute approximate surface area is 92.9 Å². The predicted octanol–water partition coefficient (Wildman–Crippen LogP) is 0.332. The highest BCUT2D eigenvalue weighted by molar-refractivity contribution is 4.80. The van der Waals surface area contributed by atoms with Crippen molar-refractivity contribution in [2.45, 2.75) is 25.4 Å². The lowest BCUT2D eigenvalue weighted by Gasteiger charge is -2.39. The largest absolute Gasteiger partial charge is 0.385 e. The van der Waals surface area contributed by atoms with Crippen LogP contribution in [0.2, 0.25) is 0 Å². The fraction of sp³-hybridized carbons (Fsp3) is 1.00. The summed E-state index contributed by atoms with van der Waals surface area (Å²) in [5.41, 5.74) is 0. The van der Waals surface area contributed by atoms with Crippen molar-refractivity contribution in [2.75, 3.05) is 47.1 Å². The molecular formula is C11H24N2O2. The van der Waals surface area contributed by atoms with Gasteiger partial charge >= 0.3 is 0 Å². The summed E-state index contributed by atoms with van der Waals surface area (Å²) < 4.78 is 10.6. The molecule has 4 heteroatoms. The van der Waals surface area contributed by atoms with Crippen LogP contribution in [-0.2, 0) is 9.47 Å². The zero-order valence-electron chi connectivity index (χ0n) is 10.2. The van der Waals surface area contributed by atoms with Gasteiger partial charge in [-0.2, -0.15) is 0 Å². The second kappa shape index (κ2) is 7.17. The molecule has 4 nitrogen and oxygen atoms in total. The molecule has 1 heterocycles. The summed E-state index contributed by atoms with van der Waals surface area (Å²) in [6.45, 7) is 6.85. The molecule has 1 aliphatic heterocycles. The quantitative estimate of drug-likeness (QED) is 0.694. The lowest BCUT2D eigenvalue weighted by atomic mass is 10.1. The Kier molecular flexibility index (Phi) is 6.17. The molecule has 2 atom stereocenters. The van der Waals surface area contributed by atoms with Crippen molar-refractivity contribution in [1.29, 1.82) is 0 Å². The second-order valence-corrected chi connectivity index (χ2v) is 4.15. The van der Waals surface area contributed by atoms with Crippen molar-refractivity contribution in [2.24, 2.45) is 0 Å². The molecule has 0 radical (unpaired) electrons. The fourth-order valence-electron chi connectivity index (χ4n) is 2.11. The number of ether oxygens (including phenoxy) is 2. The number of nitrogens with zero attached hydrogens (tertiary/aromatic N) is 1. The molecule has 15 heavy (non-hydrogen) atoms. The van der Waals surface area contributed by atoms with Gasteiger partial charge in [0.1, 0.15) is 0 Å². The Morgan fingerprint density at radius 3 is 3.07 bits per heavy atom. The second-order valence-electron chi connectivity index (χ2n) is 4.15. The molecule has 0 aromatic carbocycles. The summed E-state index contributed by atoms with van der Waals surface area (Å²) in [5.74, 6) is 0. The highest BCUT2D eigenvalue weighted by Crippen LogP contribution is 2.13. The standard InChI is InChI=1S/C11H24N2O2/c1-10(4-6-14-3)13-5-7-15-9-11(13)8-12-2/h10-12H,4-9H2,1-3H3. The first-order valence-corrected chi connectivity index (χ1v) is 5.76. The average molecular weight is 216 g/mol. The molecule has 0 amide bonds. The highest BCUT2D eigenvalue weighted by atomic mass is 16.5. The molecule has 0 bridgehead atoms. The van der Waals surface area contributed by atoms with Crippen LogP contribution >= 0.6 is 0 Å². The summed E-state index contributed by atoms with van der Waals surface area (Å²) in [6.07, 6.45) is 1.09. The number of rotatable bonds is 6. The summed E-state index contributed by atoms with van der Waals surface area (Å²) in [7, 11) is 3.75. The van der Waals surface area contributed by atoms with Crippen LogP contribution in [0.1, 0.15) is 13.3 Å². The van der Waals surface area contributed by atoms with Gasteiger partial charge in [-0.25, -0.2) is 0 Å². The van der Waals surface area contributed by atoms with Gasteiger partial charge in [0.25, 0.3) is 0 Å². The minimum absolute atomic E-state index is 0.510. The van der Waals surface area contributed by atoms with Crippen LogP contribution in [0, 0.1) is 0 Å². The third-order valence-corrected chi connectivity index (χ3v) is 3.02. The van der Waals surface area contributed by atoms with Crippen LogP contribution in [-0.4, -0.2) is 64.1 Å². The third-order valence-electron chi connectivity index (χ3n) is 3.02. The molecule has 1 N–H and O–H groups in total. The molecule has 0 aromatic rings. The fourth-order valence-corrected chi connectivity index (χ4v) is 2.11. The van der Waals surface area contributed by atoms with Crippen molar-refractivity contribution in [1.82, 2.24) is 10.2 Å². The lowest BCUT2D eigenvalue weighted by molar-refractivity contribution is -0.0291. The Hall–Kier alpha value is -0.160. The minimum atomic E-state index is 0.510. The summed E-state index contributed by atoms with van der Waals surface area (Å²) in [6, 6.07) is 1.09. The number of nitrogens with one attached hydrogen (secondary N) is 1. The maximum Gasteiger partial charge on any atom is 0.0634 e. The van der Waals surface area contributed by atoms with Crippen LogP contribution in [0.15, 0.2) is 0 Å². The molecule has 2 unspecified atom stereocenters. The van der Waals surface area contributed by atoms with Crippen LogP contribution in [0.5, 0.6) is 0 Å². The number of morpholine rings is 1. The van der Waals surface area contributed by atoms with Crippen LogP contribution in [0.4, 0.5) is 0 Å². The van der Waals surface area contributed by atoms with E-state index in [9.17, 15) is 0 Å². The molecule has 0 aromatic heterocycles. The monoisotopic (exact) mass is 216 g/mol. The molecule has 0 saturated carbocycles. The number of methoxy groups -OCH3 is 1. The summed E-state index contributed by atoms with van der Waals surface area (Å²) in [5, 5.41) is 3.23. The Morgan fingerprint density at radius 1 is 1.60 bits per heavy atom. The van der Waals surface area contributed by atoms with E-state index in [-0.39, 0.29) is 0 Å². The van der Waals surface area contributed by atoms with E-state index >= 15 is 0 Å². The van der Waals surface area contributed by atoms with Crippen LogP contribution in [0.25, 0.3) is 0 Å². The first-order valence-electron chi connectivity index (χ1n) is 5.76. The molecule has 0 spiro atoms. The molecule has 1 fully saturated rings. The molecule has 1 rings (SSSR count). The van der Waals surface area contributed by atoms with E-state index in [0.717, 1.165) is 39.3 Å². The Balaban J connectivity index is 2.39. The van der Waals surface area contributed by atoms with Crippen molar-refractivity contribution < 1.29 is 9.47 Å². The van der Waals surface area contributed by atoms with Gasteiger partial charge in [-0.15, -0.1) is 0 Å². The van der Waals surface area contributed by atoms with E-state index in [1.54, 1.807) is 7.11 Å². The van der Waals surface area contributed by atoms with Crippen molar-refractivity contribution in [3.8, 4) is 0 Å². The molecule has 90 valence electrons. The topological polar surface area (TPSA) is 33.7 Å². The Morgan fingerprint density at radius 2 is 2.40 bits per heavy atom. The van der Waals surface area contributed by atoms with Gasteiger partial charge in [0, 0.05) is 38.9 Å². The molecule has 1 saturated heterocycles. The van der Waals surface area contributed by atoms with Crippen LogP contribution < -0.4 is 5.32 Å². The van der Waals surface area contributed by atoms with E-state index < -0.39 is 0 Å². The average Bonchev–Trinajstić information content (AvgIpc) is 2.27. The lowest BCUT2D eigenvalue weighted by Crippen LogP contribution is -2.53. The van der Waals surface area contributed by atoms with E-state index in [1.807, 2.05) is 7.05 Å². The Bertz CT molecular complexity index is 165. The molecule has 0 aliphatic carbocycles. The predicted molar refractivity (Wildman–Crippen MR) is 61.2 cm³/mol. The maximum absolute atomic E-state index is 5.51. The maximum atomic E-state index is 5.51. The van der Waals surface area contributed by atoms with Gasteiger partial charge in [-0.3, -0.25) is 4.90 Å². The van der Waals surface area contributed by atoms with E-state index in [1.165, 1.54) is 0 Å². The van der Waals surface area contributed by atoms with E-state index in [0.29, 0.717) is 12.1 Å². The smallest absolute Gasteiger partial charge is 0.0634 e. The zero-order valence-corrected chi connectivity index (χ0v) is 10.2.